The molecule has 0 aliphatic rings. The first-order chi connectivity index (χ1) is 13.4. The van der Waals surface area contributed by atoms with E-state index in [4.69, 9.17) is 0 Å². The van der Waals surface area contributed by atoms with E-state index in [1.807, 2.05) is 61.5 Å². The Labute approximate surface area is 160 Å². The summed E-state index contributed by atoms with van der Waals surface area (Å²) in [5.41, 5.74) is 4.29. The number of fused-ring (bicyclic) bond motifs is 1. The second-order valence-electron chi connectivity index (χ2n) is 6.64. The van der Waals surface area contributed by atoms with E-state index in [2.05, 4.69) is 10.3 Å². The highest BCUT2D eigenvalue weighted by Gasteiger charge is 2.30. The standard InChI is InChI=1S/C23H17F3N2/c1-15-6-12-18(13-7-15)27-22-14-21(28-20-5-3-2-4-19(20)22)16-8-10-17(11-9-16)23(24,25)26/h2-14H,1H3,(H,27,28). The first kappa shape index (κ1) is 18.0. The van der Waals surface area contributed by atoms with Crippen LogP contribution in [0.5, 0.6) is 0 Å². The molecule has 140 valence electrons. The summed E-state index contributed by atoms with van der Waals surface area (Å²) in [5, 5.41) is 4.34. The van der Waals surface area contributed by atoms with Gasteiger partial charge in [0.15, 0.2) is 0 Å². The van der Waals surface area contributed by atoms with Gasteiger partial charge in [-0.2, -0.15) is 13.2 Å². The number of pyridine rings is 1. The minimum absolute atomic E-state index is 0.613. The highest BCUT2D eigenvalue weighted by atomic mass is 19.4. The van der Waals surface area contributed by atoms with Crippen LogP contribution in [-0.2, 0) is 6.18 Å². The molecule has 0 radical (unpaired) electrons. The van der Waals surface area contributed by atoms with E-state index in [1.54, 1.807) is 0 Å². The Balaban J connectivity index is 1.78. The van der Waals surface area contributed by atoms with E-state index in [9.17, 15) is 13.2 Å². The Bertz CT molecular complexity index is 1120. The van der Waals surface area contributed by atoms with E-state index < -0.39 is 11.7 Å². The van der Waals surface area contributed by atoms with Crippen LogP contribution in [0, 0.1) is 6.92 Å². The number of hydrogen-bond donors (Lipinski definition) is 1. The van der Waals surface area contributed by atoms with Gasteiger partial charge in [0.05, 0.1) is 22.5 Å². The molecule has 3 aromatic carbocycles. The van der Waals surface area contributed by atoms with Crippen molar-refractivity contribution < 1.29 is 13.2 Å². The second-order valence-corrected chi connectivity index (χ2v) is 6.64. The van der Waals surface area contributed by atoms with Gasteiger partial charge in [0.1, 0.15) is 0 Å². The third kappa shape index (κ3) is 3.69. The van der Waals surface area contributed by atoms with Gasteiger partial charge in [-0.25, -0.2) is 4.98 Å². The van der Waals surface area contributed by atoms with Crippen LogP contribution in [0.4, 0.5) is 24.5 Å². The summed E-state index contributed by atoms with van der Waals surface area (Å²) in [6.07, 6.45) is -4.35. The van der Waals surface area contributed by atoms with Crippen molar-refractivity contribution in [1.29, 1.82) is 0 Å². The summed E-state index contributed by atoms with van der Waals surface area (Å²) in [4.78, 5) is 4.63. The van der Waals surface area contributed by atoms with Gasteiger partial charge >= 0.3 is 6.18 Å². The highest BCUT2D eigenvalue weighted by molar-refractivity contribution is 5.95. The summed E-state index contributed by atoms with van der Waals surface area (Å²) >= 11 is 0. The van der Waals surface area contributed by atoms with Crippen molar-refractivity contribution in [3.63, 3.8) is 0 Å². The number of halogens is 3. The van der Waals surface area contributed by atoms with E-state index in [-0.39, 0.29) is 0 Å². The van der Waals surface area contributed by atoms with Gasteiger partial charge in [0, 0.05) is 16.6 Å². The molecule has 0 spiro atoms. The molecule has 4 aromatic rings. The Hall–Kier alpha value is -3.34. The van der Waals surface area contributed by atoms with Crippen molar-refractivity contribution in [1.82, 2.24) is 4.98 Å². The van der Waals surface area contributed by atoms with Crippen LogP contribution in [0.3, 0.4) is 0 Å². The molecule has 0 aliphatic carbocycles. The largest absolute Gasteiger partial charge is 0.416 e. The van der Waals surface area contributed by atoms with Gasteiger partial charge in [-0.15, -0.1) is 0 Å². The lowest BCUT2D eigenvalue weighted by Gasteiger charge is -2.13. The van der Waals surface area contributed by atoms with Crippen LogP contribution in [0.1, 0.15) is 11.1 Å². The van der Waals surface area contributed by atoms with E-state index in [1.165, 1.54) is 12.1 Å². The van der Waals surface area contributed by atoms with E-state index in [0.717, 1.165) is 40.0 Å². The van der Waals surface area contributed by atoms with Crippen LogP contribution in [-0.4, -0.2) is 4.98 Å². The van der Waals surface area contributed by atoms with Crippen LogP contribution in [0.15, 0.2) is 78.9 Å². The number of hydrogen-bond acceptors (Lipinski definition) is 2. The number of alkyl halides is 3. The van der Waals surface area contributed by atoms with Crippen molar-refractivity contribution in [2.75, 3.05) is 5.32 Å². The molecule has 5 heteroatoms. The minimum atomic E-state index is -4.35. The third-order valence-corrected chi connectivity index (χ3v) is 4.55. The number of rotatable bonds is 3. The molecule has 0 aliphatic heterocycles. The molecule has 1 N–H and O–H groups in total. The first-order valence-electron chi connectivity index (χ1n) is 8.81. The van der Waals surface area contributed by atoms with E-state index >= 15 is 0 Å². The molecule has 0 unspecified atom stereocenters. The van der Waals surface area contributed by atoms with Crippen LogP contribution >= 0.6 is 0 Å². The van der Waals surface area contributed by atoms with Gasteiger partial charge < -0.3 is 5.32 Å². The summed E-state index contributed by atoms with van der Waals surface area (Å²) in [7, 11) is 0. The Morgan fingerprint density at radius 1 is 0.821 bits per heavy atom. The predicted molar refractivity (Wildman–Crippen MR) is 107 cm³/mol. The SMILES string of the molecule is Cc1ccc(Nc2cc(-c3ccc(C(F)(F)F)cc3)nc3ccccc23)cc1. The summed E-state index contributed by atoms with van der Waals surface area (Å²) < 4.78 is 38.5. The topological polar surface area (TPSA) is 24.9 Å². The Kier molecular flexibility index (Phi) is 4.51. The molecule has 0 bridgehead atoms. The van der Waals surface area contributed by atoms with Gasteiger partial charge in [-0.3, -0.25) is 0 Å². The summed E-state index contributed by atoms with van der Waals surface area (Å²) in [5.74, 6) is 0. The smallest absolute Gasteiger partial charge is 0.355 e. The molecule has 0 atom stereocenters. The average molecular weight is 378 g/mol. The molecule has 28 heavy (non-hydrogen) atoms. The number of benzene rings is 3. The van der Waals surface area contributed by atoms with Crippen molar-refractivity contribution in [3.05, 3.63) is 90.0 Å². The zero-order chi connectivity index (χ0) is 19.7. The lowest BCUT2D eigenvalue weighted by molar-refractivity contribution is -0.137. The molecule has 4 rings (SSSR count). The Morgan fingerprint density at radius 2 is 1.50 bits per heavy atom. The predicted octanol–water partition coefficient (Wildman–Crippen LogP) is 6.97. The molecule has 1 aromatic heterocycles. The zero-order valence-corrected chi connectivity index (χ0v) is 15.1. The van der Waals surface area contributed by atoms with Gasteiger partial charge in [-0.1, -0.05) is 48.0 Å². The van der Waals surface area contributed by atoms with Crippen molar-refractivity contribution in [2.45, 2.75) is 13.1 Å². The van der Waals surface area contributed by atoms with Crippen LogP contribution < -0.4 is 5.32 Å². The molecule has 0 saturated heterocycles. The van der Waals surface area contributed by atoms with Gasteiger partial charge in [-0.05, 0) is 43.3 Å². The van der Waals surface area contributed by atoms with Gasteiger partial charge in [0.25, 0.3) is 0 Å². The van der Waals surface area contributed by atoms with Crippen molar-refractivity contribution in [2.24, 2.45) is 0 Å². The first-order valence-corrected chi connectivity index (χ1v) is 8.81. The van der Waals surface area contributed by atoms with Crippen molar-refractivity contribution in [3.8, 4) is 11.3 Å². The molecule has 0 amide bonds. The fourth-order valence-electron chi connectivity index (χ4n) is 3.05. The minimum Gasteiger partial charge on any atom is -0.355 e. The molecule has 0 saturated carbocycles. The molecular formula is C23H17F3N2. The normalized spacial score (nSPS) is 11.6. The monoisotopic (exact) mass is 378 g/mol. The maximum Gasteiger partial charge on any atom is 0.416 e. The quantitative estimate of drug-likeness (QED) is 0.416. The number of aryl methyl sites for hydroxylation is 1. The van der Waals surface area contributed by atoms with E-state index in [0.29, 0.717) is 11.3 Å². The number of nitrogens with one attached hydrogen (secondary N) is 1. The lowest BCUT2D eigenvalue weighted by atomic mass is 10.1. The number of para-hydroxylation sites is 1. The fourth-order valence-corrected chi connectivity index (χ4v) is 3.05. The summed E-state index contributed by atoms with van der Waals surface area (Å²) in [6.45, 7) is 2.02. The maximum absolute atomic E-state index is 12.8. The number of nitrogens with zero attached hydrogens (tertiary/aromatic N) is 1. The van der Waals surface area contributed by atoms with Crippen LogP contribution in [0.2, 0.25) is 0 Å². The molecular weight excluding hydrogens is 361 g/mol. The molecule has 0 fully saturated rings. The zero-order valence-electron chi connectivity index (χ0n) is 15.1. The lowest BCUT2D eigenvalue weighted by Crippen LogP contribution is -2.04. The number of aromatic nitrogens is 1. The number of anilines is 2. The molecule has 2 nitrogen and oxygen atoms in total. The van der Waals surface area contributed by atoms with Crippen molar-refractivity contribution >= 4 is 22.3 Å². The summed E-state index contributed by atoms with van der Waals surface area (Å²) in [6, 6.07) is 22.6. The fraction of sp³-hybridized carbons (Fsp3) is 0.0870. The highest BCUT2D eigenvalue weighted by Crippen LogP contribution is 2.33. The van der Waals surface area contributed by atoms with Gasteiger partial charge in [0.2, 0.25) is 0 Å². The van der Waals surface area contributed by atoms with Crippen LogP contribution in [0.25, 0.3) is 22.2 Å². The Morgan fingerprint density at radius 3 is 2.18 bits per heavy atom. The third-order valence-electron chi connectivity index (χ3n) is 4.55. The maximum atomic E-state index is 12.8. The second kappa shape index (κ2) is 7.00. The molecule has 1 heterocycles. The average Bonchev–Trinajstić information content (AvgIpc) is 2.69.